The van der Waals surface area contributed by atoms with Crippen molar-refractivity contribution in [1.82, 2.24) is 20.4 Å². The van der Waals surface area contributed by atoms with Crippen LogP contribution in [0.3, 0.4) is 0 Å². The molecule has 1 atom stereocenters. The van der Waals surface area contributed by atoms with E-state index in [1.807, 2.05) is 10.7 Å². The van der Waals surface area contributed by atoms with Gasteiger partial charge in [-0.15, -0.1) is 0 Å². The van der Waals surface area contributed by atoms with Gasteiger partial charge in [0.1, 0.15) is 5.82 Å². The van der Waals surface area contributed by atoms with E-state index in [9.17, 15) is 4.79 Å². The lowest BCUT2D eigenvalue weighted by molar-refractivity contribution is -0.119. The van der Waals surface area contributed by atoms with Crippen LogP contribution >= 0.6 is 0 Å². The third kappa shape index (κ3) is 2.05. The van der Waals surface area contributed by atoms with Crippen LogP contribution in [0.4, 0.5) is 5.82 Å². The molecular weight excluding hydrogens is 218 g/mol. The maximum Gasteiger partial charge on any atom is 0.229 e. The first kappa shape index (κ1) is 10.7. The Kier molecular flexibility index (Phi) is 2.82. The zero-order valence-electron chi connectivity index (χ0n) is 9.65. The predicted molar refractivity (Wildman–Crippen MR) is 63.7 cm³/mol. The molecule has 0 aromatic carbocycles. The molecule has 2 saturated heterocycles. The van der Waals surface area contributed by atoms with Crippen LogP contribution in [0.25, 0.3) is 0 Å². The number of aromatic nitrogens is 2. The van der Waals surface area contributed by atoms with Gasteiger partial charge in [-0.25, -0.2) is 4.68 Å². The van der Waals surface area contributed by atoms with Crippen molar-refractivity contribution in [2.24, 2.45) is 5.92 Å². The van der Waals surface area contributed by atoms with Gasteiger partial charge in [-0.3, -0.25) is 4.79 Å². The van der Waals surface area contributed by atoms with Gasteiger partial charge in [-0.05, 0) is 13.0 Å². The van der Waals surface area contributed by atoms with Crippen molar-refractivity contribution in [3.8, 4) is 0 Å². The number of carbonyl (C=O) groups is 1. The first-order valence-corrected chi connectivity index (χ1v) is 6.10. The molecule has 1 aromatic heterocycles. The van der Waals surface area contributed by atoms with Crippen molar-refractivity contribution >= 4 is 11.7 Å². The number of anilines is 1. The quantitative estimate of drug-likeness (QED) is 0.665. The fourth-order valence-corrected chi connectivity index (χ4v) is 2.26. The van der Waals surface area contributed by atoms with Gasteiger partial charge in [-0.2, -0.15) is 5.10 Å². The van der Waals surface area contributed by atoms with Gasteiger partial charge >= 0.3 is 0 Å². The van der Waals surface area contributed by atoms with Crippen molar-refractivity contribution in [2.45, 2.75) is 12.5 Å². The maximum atomic E-state index is 12.0. The van der Waals surface area contributed by atoms with Crippen molar-refractivity contribution in [1.29, 1.82) is 0 Å². The molecule has 92 valence electrons. The highest BCUT2D eigenvalue weighted by atomic mass is 16.2. The molecule has 3 heterocycles. The van der Waals surface area contributed by atoms with Gasteiger partial charge in [0.05, 0.1) is 18.2 Å². The third-order valence-corrected chi connectivity index (χ3v) is 3.46. The number of amides is 1. The predicted octanol–water partition coefficient (Wildman–Crippen LogP) is -0.425. The van der Waals surface area contributed by atoms with E-state index in [4.69, 9.17) is 0 Å². The lowest BCUT2D eigenvalue weighted by atomic mass is 10.1. The van der Waals surface area contributed by atoms with E-state index >= 15 is 0 Å². The minimum absolute atomic E-state index is 0.0952. The third-order valence-electron chi connectivity index (χ3n) is 3.46. The highest BCUT2D eigenvalue weighted by Gasteiger charge is 2.25. The smallest absolute Gasteiger partial charge is 0.229 e. The van der Waals surface area contributed by atoms with Crippen molar-refractivity contribution < 1.29 is 4.79 Å². The lowest BCUT2D eigenvalue weighted by Crippen LogP contribution is -2.44. The van der Waals surface area contributed by atoms with Gasteiger partial charge in [0.25, 0.3) is 0 Å². The van der Waals surface area contributed by atoms with Crippen LogP contribution in [-0.4, -0.2) is 41.9 Å². The van der Waals surface area contributed by atoms with Crippen LogP contribution in [0.1, 0.15) is 12.5 Å². The van der Waals surface area contributed by atoms with Crippen LogP contribution in [0, 0.1) is 5.92 Å². The molecule has 2 fully saturated rings. The molecule has 1 aromatic rings. The number of hydrogen-bond acceptors (Lipinski definition) is 4. The van der Waals surface area contributed by atoms with E-state index in [1.54, 1.807) is 6.20 Å². The molecule has 0 aliphatic carbocycles. The van der Waals surface area contributed by atoms with Crippen molar-refractivity contribution in [2.75, 3.05) is 31.5 Å². The summed E-state index contributed by atoms with van der Waals surface area (Å²) >= 11 is 0. The fraction of sp³-hybridized carbons (Fsp3) is 0.636. The van der Waals surface area contributed by atoms with Crippen molar-refractivity contribution in [3.63, 3.8) is 0 Å². The van der Waals surface area contributed by atoms with E-state index < -0.39 is 0 Å². The standard InChI is InChI=1S/C11H17N5O/c17-11(8-1-3-12-5-8)15-10-2-4-14-16(10)9-6-13-7-9/h2,4,8-9,12-13H,1,3,5-7H2,(H,15,17). The van der Waals surface area contributed by atoms with Crippen molar-refractivity contribution in [3.05, 3.63) is 12.3 Å². The van der Waals surface area contributed by atoms with E-state index in [1.165, 1.54) is 0 Å². The van der Waals surface area contributed by atoms with E-state index in [0.29, 0.717) is 6.04 Å². The summed E-state index contributed by atoms with van der Waals surface area (Å²) in [6, 6.07) is 2.24. The Labute approximate surface area is 99.8 Å². The lowest BCUT2D eigenvalue weighted by Gasteiger charge is -2.28. The van der Waals surface area contributed by atoms with Gasteiger partial charge < -0.3 is 16.0 Å². The Morgan fingerprint density at radius 1 is 1.41 bits per heavy atom. The molecule has 0 radical (unpaired) electrons. The number of carbonyl (C=O) groups excluding carboxylic acids is 1. The maximum absolute atomic E-state index is 12.0. The summed E-state index contributed by atoms with van der Waals surface area (Å²) in [5.41, 5.74) is 0. The molecule has 6 heteroatoms. The van der Waals surface area contributed by atoms with Gasteiger partial charge in [-0.1, -0.05) is 0 Å². The SMILES string of the molecule is O=C(Nc1ccnn1C1CNC1)C1CCNC1. The molecule has 0 spiro atoms. The van der Waals surface area contributed by atoms with Crippen LogP contribution in [0.2, 0.25) is 0 Å². The second kappa shape index (κ2) is 4.46. The molecule has 3 N–H and O–H groups in total. The second-order valence-corrected chi connectivity index (χ2v) is 4.65. The summed E-state index contributed by atoms with van der Waals surface area (Å²) in [6.45, 7) is 3.57. The minimum Gasteiger partial charge on any atom is -0.316 e. The Hall–Kier alpha value is -1.40. The summed E-state index contributed by atoms with van der Waals surface area (Å²) in [5.74, 6) is 1.01. The molecule has 2 aliphatic heterocycles. The zero-order valence-corrected chi connectivity index (χ0v) is 9.65. The largest absolute Gasteiger partial charge is 0.316 e. The minimum atomic E-state index is 0.0952. The molecule has 0 bridgehead atoms. The van der Waals surface area contributed by atoms with Crippen LogP contribution < -0.4 is 16.0 Å². The Bertz CT molecular complexity index is 406. The Morgan fingerprint density at radius 2 is 2.29 bits per heavy atom. The van der Waals surface area contributed by atoms with Crippen LogP contribution in [0.5, 0.6) is 0 Å². The van der Waals surface area contributed by atoms with E-state index in [0.717, 1.165) is 38.4 Å². The summed E-state index contributed by atoms with van der Waals surface area (Å²) in [4.78, 5) is 12.0. The number of hydrogen-bond donors (Lipinski definition) is 3. The average Bonchev–Trinajstić information content (AvgIpc) is 2.86. The van der Waals surface area contributed by atoms with Crippen LogP contribution in [0.15, 0.2) is 12.3 Å². The van der Waals surface area contributed by atoms with Gasteiger partial charge in [0.15, 0.2) is 0 Å². The topological polar surface area (TPSA) is 71.0 Å². The van der Waals surface area contributed by atoms with Crippen LogP contribution in [-0.2, 0) is 4.79 Å². The Balaban J connectivity index is 1.67. The number of rotatable bonds is 3. The summed E-state index contributed by atoms with van der Waals surface area (Å²) in [7, 11) is 0. The molecule has 17 heavy (non-hydrogen) atoms. The number of nitrogens with one attached hydrogen (secondary N) is 3. The fourth-order valence-electron chi connectivity index (χ4n) is 2.26. The molecule has 3 rings (SSSR count). The summed E-state index contributed by atoms with van der Waals surface area (Å²) in [5, 5.41) is 13.6. The van der Waals surface area contributed by atoms with Gasteiger partial charge in [0, 0.05) is 25.7 Å². The second-order valence-electron chi connectivity index (χ2n) is 4.65. The van der Waals surface area contributed by atoms with E-state index in [-0.39, 0.29) is 11.8 Å². The Morgan fingerprint density at radius 3 is 2.94 bits per heavy atom. The monoisotopic (exact) mass is 235 g/mol. The molecule has 1 amide bonds. The summed E-state index contributed by atoms with van der Waals surface area (Å²) < 4.78 is 1.90. The molecule has 1 unspecified atom stereocenters. The number of nitrogens with zero attached hydrogens (tertiary/aromatic N) is 2. The molecule has 0 saturated carbocycles. The zero-order chi connectivity index (χ0) is 11.7. The molecular formula is C11H17N5O. The molecule has 2 aliphatic rings. The first-order valence-electron chi connectivity index (χ1n) is 6.10. The molecule has 6 nitrogen and oxygen atoms in total. The normalized spacial score (nSPS) is 24.6. The van der Waals surface area contributed by atoms with Gasteiger partial charge in [0.2, 0.25) is 5.91 Å². The van der Waals surface area contributed by atoms with E-state index in [2.05, 4.69) is 21.0 Å². The average molecular weight is 235 g/mol. The highest BCUT2D eigenvalue weighted by Crippen LogP contribution is 2.19. The first-order chi connectivity index (χ1) is 8.34. The highest BCUT2D eigenvalue weighted by molar-refractivity contribution is 5.92. The summed E-state index contributed by atoms with van der Waals surface area (Å²) in [6.07, 6.45) is 2.66.